The number of esters is 1. The van der Waals surface area contributed by atoms with Gasteiger partial charge in [0, 0.05) is 7.05 Å². The monoisotopic (exact) mass is 214 g/mol. The molecule has 1 N–H and O–H groups in total. The Kier molecular flexibility index (Phi) is 3.88. The number of nitrogens with one attached hydrogen (secondary N) is 1. The average Bonchev–Trinajstić information content (AvgIpc) is 2.61. The second-order valence-electron chi connectivity index (χ2n) is 2.61. The quantitative estimate of drug-likeness (QED) is 0.778. The number of hydrogen-bond acceptors (Lipinski definition) is 5. The summed E-state index contributed by atoms with van der Waals surface area (Å²) in [5.41, 5.74) is 0.399. The second-order valence-corrected chi connectivity index (χ2v) is 3.69. The zero-order chi connectivity index (χ0) is 10.6. The molecule has 1 aromatic heterocycles. The van der Waals surface area contributed by atoms with E-state index < -0.39 is 0 Å². The summed E-state index contributed by atoms with van der Waals surface area (Å²) in [6.45, 7) is 4.16. The number of aromatic nitrogens is 1. The molecule has 0 atom stereocenters. The van der Waals surface area contributed by atoms with Gasteiger partial charge in [-0.3, -0.25) is 0 Å². The number of ether oxygens (including phenoxy) is 1. The van der Waals surface area contributed by atoms with Gasteiger partial charge >= 0.3 is 5.97 Å². The first kappa shape index (κ1) is 11.0. The van der Waals surface area contributed by atoms with Gasteiger partial charge in [-0.05, 0) is 13.3 Å². The Bertz CT molecular complexity index is 323. The van der Waals surface area contributed by atoms with E-state index in [0.717, 1.165) is 16.4 Å². The number of carbonyl (C=O) groups excluding carboxylic acids is 1. The fourth-order valence-electron chi connectivity index (χ4n) is 1.02. The predicted octanol–water partition coefficient (Wildman–Crippen LogP) is 1.92. The lowest BCUT2D eigenvalue weighted by molar-refractivity contribution is 0.0521. The SMILES string of the molecule is CCOC(=O)c1nc(CC)sc1NC. The fourth-order valence-corrected chi connectivity index (χ4v) is 1.87. The summed E-state index contributed by atoms with van der Waals surface area (Å²) in [4.78, 5) is 15.6. The first-order chi connectivity index (χ1) is 6.72. The molecule has 5 heteroatoms. The Morgan fingerprint density at radius 2 is 2.29 bits per heavy atom. The molecule has 0 saturated carbocycles. The van der Waals surface area contributed by atoms with Gasteiger partial charge < -0.3 is 10.1 Å². The van der Waals surface area contributed by atoms with Gasteiger partial charge in [0.25, 0.3) is 0 Å². The van der Waals surface area contributed by atoms with Crippen molar-refractivity contribution in [1.82, 2.24) is 4.98 Å². The van der Waals surface area contributed by atoms with Crippen LogP contribution in [0.3, 0.4) is 0 Å². The van der Waals surface area contributed by atoms with Crippen molar-refractivity contribution in [3.8, 4) is 0 Å². The van der Waals surface area contributed by atoms with Gasteiger partial charge in [-0.2, -0.15) is 0 Å². The third-order valence-corrected chi connectivity index (χ3v) is 2.89. The van der Waals surface area contributed by atoms with E-state index in [9.17, 15) is 4.79 Å². The topological polar surface area (TPSA) is 51.2 Å². The molecule has 0 aromatic carbocycles. The zero-order valence-corrected chi connectivity index (χ0v) is 9.40. The van der Waals surface area contributed by atoms with Gasteiger partial charge in [0.1, 0.15) is 5.00 Å². The number of carbonyl (C=O) groups is 1. The number of rotatable bonds is 4. The minimum Gasteiger partial charge on any atom is -0.461 e. The molecule has 0 aliphatic carbocycles. The maximum atomic E-state index is 11.4. The van der Waals surface area contributed by atoms with Crippen molar-refractivity contribution in [2.24, 2.45) is 0 Å². The van der Waals surface area contributed by atoms with E-state index in [1.807, 2.05) is 6.92 Å². The lowest BCUT2D eigenvalue weighted by atomic mass is 10.4. The van der Waals surface area contributed by atoms with E-state index in [2.05, 4.69) is 10.3 Å². The highest BCUT2D eigenvalue weighted by Gasteiger charge is 2.17. The summed E-state index contributed by atoms with van der Waals surface area (Å²) in [6, 6.07) is 0. The lowest BCUT2D eigenvalue weighted by Crippen LogP contribution is -2.07. The van der Waals surface area contributed by atoms with Crippen molar-refractivity contribution < 1.29 is 9.53 Å². The molecule has 1 aromatic rings. The van der Waals surface area contributed by atoms with E-state index in [0.29, 0.717) is 12.3 Å². The summed E-state index contributed by atoms with van der Waals surface area (Å²) in [5, 5.41) is 4.66. The Balaban J connectivity index is 2.93. The molecule has 1 rings (SSSR count). The van der Waals surface area contributed by atoms with Crippen LogP contribution in [0.1, 0.15) is 29.3 Å². The van der Waals surface area contributed by atoms with Crippen molar-refractivity contribution in [3.63, 3.8) is 0 Å². The summed E-state index contributed by atoms with van der Waals surface area (Å²) in [7, 11) is 1.77. The first-order valence-corrected chi connectivity index (χ1v) is 5.39. The largest absolute Gasteiger partial charge is 0.461 e. The standard InChI is InChI=1S/C9H14N2O2S/c1-4-6-11-7(8(10-3)14-6)9(12)13-5-2/h10H,4-5H2,1-3H3. The van der Waals surface area contributed by atoms with Crippen LogP contribution >= 0.6 is 11.3 Å². The van der Waals surface area contributed by atoms with Crippen LogP contribution in [0.5, 0.6) is 0 Å². The van der Waals surface area contributed by atoms with Crippen molar-refractivity contribution >= 4 is 22.3 Å². The molecule has 78 valence electrons. The van der Waals surface area contributed by atoms with Crippen LogP contribution in [-0.2, 0) is 11.2 Å². The Morgan fingerprint density at radius 1 is 1.57 bits per heavy atom. The highest BCUT2D eigenvalue weighted by atomic mass is 32.1. The molecule has 14 heavy (non-hydrogen) atoms. The normalized spacial score (nSPS) is 9.93. The van der Waals surface area contributed by atoms with Crippen molar-refractivity contribution in [2.75, 3.05) is 19.0 Å². The maximum Gasteiger partial charge on any atom is 0.360 e. The van der Waals surface area contributed by atoms with Crippen molar-refractivity contribution in [3.05, 3.63) is 10.7 Å². The van der Waals surface area contributed by atoms with Gasteiger partial charge in [0.05, 0.1) is 11.6 Å². The molecule has 0 spiro atoms. The molecule has 0 aliphatic heterocycles. The van der Waals surface area contributed by atoms with Gasteiger partial charge in [0.15, 0.2) is 5.69 Å². The summed E-state index contributed by atoms with van der Waals surface area (Å²) < 4.78 is 4.89. The second kappa shape index (κ2) is 4.95. The van der Waals surface area contributed by atoms with Gasteiger partial charge in [-0.1, -0.05) is 6.92 Å². The molecular weight excluding hydrogens is 200 g/mol. The minimum atomic E-state index is -0.354. The molecule has 0 bridgehead atoms. The van der Waals surface area contributed by atoms with Crippen LogP contribution in [-0.4, -0.2) is 24.6 Å². The molecule has 1 heterocycles. The maximum absolute atomic E-state index is 11.4. The van der Waals surface area contributed by atoms with Crippen LogP contribution in [0.4, 0.5) is 5.00 Å². The molecule has 0 amide bonds. The van der Waals surface area contributed by atoms with Crippen LogP contribution in [0.25, 0.3) is 0 Å². The lowest BCUT2D eigenvalue weighted by Gasteiger charge is -2.00. The van der Waals surface area contributed by atoms with Crippen LogP contribution in [0.2, 0.25) is 0 Å². The van der Waals surface area contributed by atoms with Gasteiger partial charge in [-0.25, -0.2) is 9.78 Å². The molecule has 4 nitrogen and oxygen atoms in total. The Hall–Kier alpha value is -1.10. The smallest absolute Gasteiger partial charge is 0.360 e. The predicted molar refractivity (Wildman–Crippen MR) is 57.0 cm³/mol. The van der Waals surface area contributed by atoms with Gasteiger partial charge in [0.2, 0.25) is 0 Å². The highest BCUT2D eigenvalue weighted by molar-refractivity contribution is 7.16. The van der Waals surface area contributed by atoms with E-state index >= 15 is 0 Å². The van der Waals surface area contributed by atoms with E-state index in [1.54, 1.807) is 14.0 Å². The summed E-state index contributed by atoms with van der Waals surface area (Å²) in [6.07, 6.45) is 0.832. The Labute approximate surface area is 87.3 Å². The van der Waals surface area contributed by atoms with E-state index in [1.165, 1.54) is 11.3 Å². The molecule has 0 aliphatic rings. The van der Waals surface area contributed by atoms with Crippen molar-refractivity contribution in [2.45, 2.75) is 20.3 Å². The first-order valence-electron chi connectivity index (χ1n) is 4.57. The number of hydrogen-bond donors (Lipinski definition) is 1. The number of thiazole rings is 1. The summed E-state index contributed by atoms with van der Waals surface area (Å²) >= 11 is 1.49. The minimum absolute atomic E-state index is 0.354. The molecule has 0 fully saturated rings. The fraction of sp³-hybridized carbons (Fsp3) is 0.556. The molecular formula is C9H14N2O2S. The molecule has 0 radical (unpaired) electrons. The zero-order valence-electron chi connectivity index (χ0n) is 8.59. The Morgan fingerprint density at radius 3 is 2.79 bits per heavy atom. The van der Waals surface area contributed by atoms with Gasteiger partial charge in [-0.15, -0.1) is 11.3 Å². The van der Waals surface area contributed by atoms with Crippen LogP contribution < -0.4 is 5.32 Å². The third-order valence-electron chi connectivity index (χ3n) is 1.67. The van der Waals surface area contributed by atoms with E-state index in [4.69, 9.17) is 4.74 Å². The molecule has 0 unspecified atom stereocenters. The van der Waals surface area contributed by atoms with Crippen LogP contribution in [0, 0.1) is 0 Å². The third kappa shape index (κ3) is 2.23. The summed E-state index contributed by atoms with van der Waals surface area (Å²) in [5.74, 6) is -0.354. The van der Waals surface area contributed by atoms with Crippen molar-refractivity contribution in [1.29, 1.82) is 0 Å². The number of nitrogens with zero attached hydrogens (tertiary/aromatic N) is 1. The van der Waals surface area contributed by atoms with Crippen LogP contribution in [0.15, 0.2) is 0 Å². The van der Waals surface area contributed by atoms with E-state index in [-0.39, 0.29) is 5.97 Å². The number of anilines is 1. The highest BCUT2D eigenvalue weighted by Crippen LogP contribution is 2.24. The average molecular weight is 214 g/mol. The molecule has 0 saturated heterocycles. The number of aryl methyl sites for hydroxylation is 1.